The van der Waals surface area contributed by atoms with Crippen molar-refractivity contribution >= 4 is 23.0 Å². The van der Waals surface area contributed by atoms with Crippen molar-refractivity contribution in [1.29, 1.82) is 0 Å². The lowest BCUT2D eigenvalue weighted by molar-refractivity contribution is -0.116. The van der Waals surface area contributed by atoms with Gasteiger partial charge in [-0.2, -0.15) is 0 Å². The largest absolute Gasteiger partial charge is 0.497 e. The predicted molar refractivity (Wildman–Crippen MR) is 133 cm³/mol. The van der Waals surface area contributed by atoms with E-state index in [0.717, 1.165) is 50.3 Å². The Morgan fingerprint density at radius 3 is 2.06 bits per heavy atom. The van der Waals surface area contributed by atoms with Gasteiger partial charge in [0.05, 0.1) is 7.11 Å². The summed E-state index contributed by atoms with van der Waals surface area (Å²) < 4.78 is 5.50. The van der Waals surface area contributed by atoms with E-state index in [1.807, 2.05) is 48.5 Å². The first-order valence-corrected chi connectivity index (χ1v) is 11.1. The molecular weight excluding hydrogens is 404 g/mol. The zero-order valence-corrected chi connectivity index (χ0v) is 18.3. The molecule has 4 aromatic carbocycles. The number of benzene rings is 4. The highest BCUT2D eigenvalue weighted by Gasteiger charge is 2.53. The zero-order valence-electron chi connectivity index (χ0n) is 18.3. The highest BCUT2D eigenvalue weighted by molar-refractivity contribution is 6.24. The van der Waals surface area contributed by atoms with Gasteiger partial charge in [0.1, 0.15) is 11.2 Å². The summed E-state index contributed by atoms with van der Waals surface area (Å²) in [6.45, 7) is 0. The number of ether oxygens (including phenoxy) is 1. The first kappa shape index (κ1) is 19.5. The molecular formula is C31H22O2. The molecule has 4 aromatic rings. The zero-order chi connectivity index (χ0) is 22.4. The lowest BCUT2D eigenvalue weighted by Gasteiger charge is -2.36. The molecule has 0 aromatic heterocycles. The van der Waals surface area contributed by atoms with Gasteiger partial charge in [0.15, 0.2) is 5.78 Å². The Morgan fingerprint density at radius 2 is 1.33 bits per heavy atom. The van der Waals surface area contributed by atoms with Crippen LogP contribution < -0.4 is 4.74 Å². The summed E-state index contributed by atoms with van der Waals surface area (Å²) in [6.07, 6.45) is 3.65. The Kier molecular flexibility index (Phi) is 4.41. The van der Waals surface area contributed by atoms with Gasteiger partial charge in [0, 0.05) is 0 Å². The minimum absolute atomic E-state index is 0.0809. The van der Waals surface area contributed by atoms with Crippen molar-refractivity contribution in [1.82, 2.24) is 0 Å². The Morgan fingerprint density at radius 1 is 0.667 bits per heavy atom. The molecule has 0 heterocycles. The van der Waals surface area contributed by atoms with E-state index >= 15 is 0 Å². The second-order valence-electron chi connectivity index (χ2n) is 8.43. The van der Waals surface area contributed by atoms with Crippen LogP contribution in [0.15, 0.2) is 109 Å². The molecule has 0 saturated carbocycles. The molecule has 0 bridgehead atoms. The maximum atomic E-state index is 14.1. The summed E-state index contributed by atoms with van der Waals surface area (Å²) in [7, 11) is 1.67. The van der Waals surface area contributed by atoms with Crippen molar-refractivity contribution in [2.24, 2.45) is 0 Å². The number of hydrogen-bond acceptors (Lipinski definition) is 2. The van der Waals surface area contributed by atoms with Crippen molar-refractivity contribution in [3.05, 3.63) is 143 Å². The fourth-order valence-corrected chi connectivity index (χ4v) is 5.46. The summed E-state index contributed by atoms with van der Waals surface area (Å²) in [5.41, 5.74) is 7.53. The minimum atomic E-state index is -0.917. The first-order chi connectivity index (χ1) is 16.2. The van der Waals surface area contributed by atoms with Crippen molar-refractivity contribution in [3.8, 4) is 5.75 Å². The van der Waals surface area contributed by atoms with Gasteiger partial charge >= 0.3 is 0 Å². The molecule has 0 saturated heterocycles. The standard InChI is InChI=1S/C31H22O2/c1-33-24-17-18-26-23(20-24)16-19-28(32)31(26)27-15-9-8-14-25(27)29(21-10-4-2-5-11-21)30(31)22-12-6-3-7-13-22/h2-20H,1H3. The van der Waals surface area contributed by atoms with Gasteiger partial charge in [-0.3, -0.25) is 4.79 Å². The normalized spacial score (nSPS) is 18.4. The van der Waals surface area contributed by atoms with E-state index in [1.54, 1.807) is 13.2 Å². The minimum Gasteiger partial charge on any atom is -0.497 e. The maximum Gasteiger partial charge on any atom is 0.175 e. The van der Waals surface area contributed by atoms with Crippen molar-refractivity contribution < 1.29 is 9.53 Å². The van der Waals surface area contributed by atoms with Crippen LogP contribution >= 0.6 is 0 Å². The van der Waals surface area contributed by atoms with Crippen LogP contribution in [-0.2, 0) is 10.2 Å². The number of rotatable bonds is 3. The number of hydrogen-bond donors (Lipinski definition) is 0. The number of carbonyl (C=O) groups excluding carboxylic acids is 1. The number of fused-ring (bicyclic) bond motifs is 4. The van der Waals surface area contributed by atoms with E-state index < -0.39 is 5.41 Å². The van der Waals surface area contributed by atoms with Gasteiger partial charge in [-0.1, -0.05) is 97.1 Å². The van der Waals surface area contributed by atoms with Crippen molar-refractivity contribution in [2.45, 2.75) is 5.41 Å². The number of ketones is 1. The monoisotopic (exact) mass is 426 g/mol. The van der Waals surface area contributed by atoms with Crippen LogP contribution in [0.2, 0.25) is 0 Å². The smallest absolute Gasteiger partial charge is 0.175 e. The number of methoxy groups -OCH3 is 1. The quantitative estimate of drug-likeness (QED) is 0.371. The summed E-state index contributed by atoms with van der Waals surface area (Å²) in [5.74, 6) is 0.861. The second-order valence-corrected chi connectivity index (χ2v) is 8.43. The molecule has 33 heavy (non-hydrogen) atoms. The average Bonchev–Trinajstić information content (AvgIpc) is 3.19. The molecule has 0 amide bonds. The van der Waals surface area contributed by atoms with Gasteiger partial charge in [-0.15, -0.1) is 0 Å². The maximum absolute atomic E-state index is 14.1. The highest BCUT2D eigenvalue weighted by atomic mass is 16.5. The van der Waals surface area contributed by atoms with Gasteiger partial charge in [-0.25, -0.2) is 0 Å². The molecule has 2 heteroatoms. The molecule has 2 aliphatic carbocycles. The van der Waals surface area contributed by atoms with E-state index in [2.05, 4.69) is 60.7 Å². The van der Waals surface area contributed by atoms with Crippen molar-refractivity contribution in [2.75, 3.05) is 7.11 Å². The third-order valence-corrected chi connectivity index (χ3v) is 6.80. The summed E-state index contributed by atoms with van der Waals surface area (Å²) >= 11 is 0. The van der Waals surface area contributed by atoms with E-state index in [9.17, 15) is 4.79 Å². The molecule has 1 atom stereocenters. The van der Waals surface area contributed by atoms with E-state index in [-0.39, 0.29) is 5.78 Å². The molecule has 0 N–H and O–H groups in total. The molecule has 0 aliphatic heterocycles. The van der Waals surface area contributed by atoms with Crippen LogP contribution in [-0.4, -0.2) is 12.9 Å². The fourth-order valence-electron chi connectivity index (χ4n) is 5.46. The van der Waals surface area contributed by atoms with Crippen LogP contribution in [0.4, 0.5) is 0 Å². The fraction of sp³-hybridized carbons (Fsp3) is 0.0645. The summed E-state index contributed by atoms with van der Waals surface area (Å²) in [4.78, 5) is 14.1. The number of carbonyl (C=O) groups is 1. The molecule has 0 fully saturated rings. The topological polar surface area (TPSA) is 26.3 Å². The lowest BCUT2D eigenvalue weighted by atomic mass is 9.63. The van der Waals surface area contributed by atoms with Gasteiger partial charge in [-0.05, 0) is 62.7 Å². The van der Waals surface area contributed by atoms with Gasteiger partial charge in [0.2, 0.25) is 0 Å². The molecule has 6 rings (SSSR count). The van der Waals surface area contributed by atoms with E-state index in [4.69, 9.17) is 4.74 Å². The second kappa shape index (κ2) is 7.46. The summed E-state index contributed by atoms with van der Waals surface area (Å²) in [5, 5.41) is 0. The third kappa shape index (κ3) is 2.71. The molecule has 0 radical (unpaired) electrons. The van der Waals surface area contributed by atoms with E-state index in [0.29, 0.717) is 0 Å². The molecule has 158 valence electrons. The Labute approximate surface area is 193 Å². The van der Waals surface area contributed by atoms with Crippen molar-refractivity contribution in [3.63, 3.8) is 0 Å². The average molecular weight is 427 g/mol. The molecule has 1 spiro atoms. The van der Waals surface area contributed by atoms with Crippen LogP contribution in [0.1, 0.15) is 33.4 Å². The van der Waals surface area contributed by atoms with Crippen LogP contribution in [0.3, 0.4) is 0 Å². The Bertz CT molecular complexity index is 1450. The summed E-state index contributed by atoms with van der Waals surface area (Å²) in [6, 6.07) is 35.1. The lowest BCUT2D eigenvalue weighted by Crippen LogP contribution is -2.38. The van der Waals surface area contributed by atoms with Gasteiger partial charge < -0.3 is 4.74 Å². The Hall–Kier alpha value is -4.17. The number of allylic oxidation sites excluding steroid dienone is 2. The molecule has 1 unspecified atom stereocenters. The van der Waals surface area contributed by atoms with E-state index in [1.165, 1.54) is 0 Å². The predicted octanol–water partition coefficient (Wildman–Crippen LogP) is 6.55. The van der Waals surface area contributed by atoms with Gasteiger partial charge in [0.25, 0.3) is 0 Å². The SMILES string of the molecule is COc1ccc2c(c1)C=CC(=O)C21C(c2ccccc2)=C(c2ccccc2)c2ccccc21. The molecule has 2 aliphatic rings. The Balaban J connectivity index is 1.80. The van der Waals surface area contributed by atoms with Crippen LogP contribution in [0.5, 0.6) is 5.75 Å². The van der Waals surface area contributed by atoms with Crippen LogP contribution in [0, 0.1) is 0 Å². The molecule has 2 nitrogen and oxygen atoms in total. The highest BCUT2D eigenvalue weighted by Crippen LogP contribution is 2.58. The van der Waals surface area contributed by atoms with Crippen LogP contribution in [0.25, 0.3) is 17.2 Å². The first-order valence-electron chi connectivity index (χ1n) is 11.1. The third-order valence-electron chi connectivity index (χ3n) is 6.80.